The molecule has 0 spiro atoms. The molecule has 6 nitrogen and oxygen atoms in total. The van der Waals surface area contributed by atoms with Crippen LogP contribution in [-0.4, -0.2) is 16.7 Å². The molecule has 1 amide bonds. The van der Waals surface area contributed by atoms with Crippen molar-refractivity contribution in [3.63, 3.8) is 0 Å². The van der Waals surface area contributed by atoms with Crippen LogP contribution in [0.15, 0.2) is 30.5 Å². The van der Waals surface area contributed by atoms with Gasteiger partial charge in [0.05, 0.1) is 5.56 Å². The third-order valence-electron chi connectivity index (χ3n) is 3.55. The number of aromatic nitrogens is 1. The van der Waals surface area contributed by atoms with E-state index in [9.17, 15) is 4.79 Å². The molecule has 1 aromatic carbocycles. The minimum absolute atomic E-state index is 0.321. The van der Waals surface area contributed by atoms with Crippen molar-refractivity contribution in [3.8, 4) is 17.6 Å². The van der Waals surface area contributed by atoms with Crippen LogP contribution in [0.3, 0.4) is 0 Å². The Hall–Kier alpha value is -2.94. The van der Waals surface area contributed by atoms with E-state index in [-0.39, 0.29) is 5.91 Å². The van der Waals surface area contributed by atoms with Crippen molar-refractivity contribution >= 4 is 11.6 Å². The number of amides is 1. The third-order valence-corrected chi connectivity index (χ3v) is 3.55. The number of anilines is 1. The zero-order valence-corrected chi connectivity index (χ0v) is 12.3. The van der Waals surface area contributed by atoms with E-state index in [1.54, 1.807) is 18.2 Å². The molecule has 6 heteroatoms. The molecule has 0 fully saturated rings. The molecule has 112 valence electrons. The summed E-state index contributed by atoms with van der Waals surface area (Å²) >= 11 is 0. The summed E-state index contributed by atoms with van der Waals surface area (Å²) in [7, 11) is 0. The van der Waals surface area contributed by atoms with E-state index in [1.165, 1.54) is 12.3 Å². The standard InChI is InChI=1S/C16H15N3O3/c1-3-16(2)21-13-5-4-11(7-14(13)22-16)19-15(20)12-6-10(8-17)9-18-12/h4-7,9,18H,3H2,1-2H3,(H,19,20)/t16-/m1/s1. The lowest BCUT2D eigenvalue weighted by Gasteiger charge is -2.20. The summed E-state index contributed by atoms with van der Waals surface area (Å²) in [6.07, 6.45) is 2.20. The Morgan fingerprint density at radius 1 is 1.36 bits per heavy atom. The number of benzene rings is 1. The van der Waals surface area contributed by atoms with Crippen LogP contribution in [0.1, 0.15) is 36.3 Å². The van der Waals surface area contributed by atoms with E-state index in [0.717, 1.165) is 0 Å². The van der Waals surface area contributed by atoms with Crippen molar-refractivity contribution < 1.29 is 14.3 Å². The maximum atomic E-state index is 12.1. The molecule has 0 aliphatic carbocycles. The molecule has 0 unspecified atom stereocenters. The Bertz CT molecular complexity index is 775. The van der Waals surface area contributed by atoms with Crippen LogP contribution < -0.4 is 14.8 Å². The second kappa shape index (κ2) is 5.11. The fraction of sp³-hybridized carbons (Fsp3) is 0.250. The number of carbonyl (C=O) groups excluding carboxylic acids is 1. The Balaban J connectivity index is 1.76. The zero-order chi connectivity index (χ0) is 15.7. The number of nitrogens with zero attached hydrogens (tertiary/aromatic N) is 1. The summed E-state index contributed by atoms with van der Waals surface area (Å²) in [5.41, 5.74) is 1.34. The van der Waals surface area contributed by atoms with Crippen LogP contribution in [-0.2, 0) is 0 Å². The second-order valence-corrected chi connectivity index (χ2v) is 5.22. The first-order valence-electron chi connectivity index (χ1n) is 6.95. The van der Waals surface area contributed by atoms with E-state index >= 15 is 0 Å². The number of hydrogen-bond acceptors (Lipinski definition) is 4. The summed E-state index contributed by atoms with van der Waals surface area (Å²) in [4.78, 5) is 14.9. The fourth-order valence-corrected chi connectivity index (χ4v) is 2.17. The normalized spacial score (nSPS) is 18.8. The van der Waals surface area contributed by atoms with Gasteiger partial charge in [0.2, 0.25) is 5.79 Å². The quantitative estimate of drug-likeness (QED) is 0.911. The molecule has 1 aromatic heterocycles. The van der Waals surface area contributed by atoms with Crippen molar-refractivity contribution in [3.05, 3.63) is 41.7 Å². The fourth-order valence-electron chi connectivity index (χ4n) is 2.17. The molecule has 0 radical (unpaired) electrons. The van der Waals surface area contributed by atoms with Gasteiger partial charge in [-0.15, -0.1) is 0 Å². The lowest BCUT2D eigenvalue weighted by Crippen LogP contribution is -2.33. The monoisotopic (exact) mass is 297 g/mol. The molecule has 2 N–H and O–H groups in total. The second-order valence-electron chi connectivity index (χ2n) is 5.22. The first-order chi connectivity index (χ1) is 10.5. The highest BCUT2D eigenvalue weighted by Crippen LogP contribution is 2.42. The van der Waals surface area contributed by atoms with Gasteiger partial charge >= 0.3 is 0 Å². The number of nitrogens with one attached hydrogen (secondary N) is 2. The molecule has 3 rings (SSSR count). The van der Waals surface area contributed by atoms with Gasteiger partial charge in [-0.05, 0) is 18.2 Å². The zero-order valence-electron chi connectivity index (χ0n) is 12.3. The number of carbonyl (C=O) groups is 1. The van der Waals surface area contributed by atoms with Gasteiger partial charge in [-0.3, -0.25) is 4.79 Å². The van der Waals surface area contributed by atoms with E-state index in [4.69, 9.17) is 14.7 Å². The Kier molecular flexibility index (Phi) is 3.26. The van der Waals surface area contributed by atoms with Gasteiger partial charge in [0.25, 0.3) is 5.91 Å². The molecule has 1 atom stereocenters. The van der Waals surface area contributed by atoms with Gasteiger partial charge in [-0.1, -0.05) is 6.92 Å². The molecule has 0 saturated carbocycles. The lowest BCUT2D eigenvalue weighted by molar-refractivity contribution is -0.0640. The molecule has 1 aliphatic rings. The summed E-state index contributed by atoms with van der Waals surface area (Å²) in [5.74, 6) is 0.283. The van der Waals surface area contributed by atoms with Crippen LogP contribution in [0.4, 0.5) is 5.69 Å². The SMILES string of the molecule is CC[C@]1(C)Oc2ccc(NC(=O)c3cc(C#N)c[nH]3)cc2O1. The summed E-state index contributed by atoms with van der Waals surface area (Å²) in [6.45, 7) is 3.85. The highest BCUT2D eigenvalue weighted by molar-refractivity contribution is 6.03. The van der Waals surface area contributed by atoms with E-state index in [1.807, 2.05) is 19.9 Å². The minimum Gasteiger partial charge on any atom is -0.449 e. The van der Waals surface area contributed by atoms with Crippen molar-refractivity contribution in [2.24, 2.45) is 0 Å². The molecule has 1 aliphatic heterocycles. The van der Waals surface area contributed by atoms with E-state index < -0.39 is 5.79 Å². The topological polar surface area (TPSA) is 87.1 Å². The van der Waals surface area contributed by atoms with Crippen LogP contribution in [0.5, 0.6) is 11.5 Å². The number of nitriles is 1. The maximum absolute atomic E-state index is 12.1. The predicted molar refractivity (Wildman–Crippen MR) is 79.9 cm³/mol. The number of rotatable bonds is 3. The Labute approximate surface area is 127 Å². The first-order valence-corrected chi connectivity index (χ1v) is 6.95. The summed E-state index contributed by atoms with van der Waals surface area (Å²) in [5, 5.41) is 11.5. The van der Waals surface area contributed by atoms with Gasteiger partial charge in [-0.25, -0.2) is 0 Å². The Morgan fingerprint density at radius 2 is 2.14 bits per heavy atom. The summed E-state index contributed by atoms with van der Waals surface area (Å²) < 4.78 is 11.5. The van der Waals surface area contributed by atoms with Crippen molar-refractivity contribution in [2.45, 2.75) is 26.1 Å². The molecular weight excluding hydrogens is 282 g/mol. The molecule has 0 saturated heterocycles. The van der Waals surface area contributed by atoms with Gasteiger partial charge < -0.3 is 19.8 Å². The highest BCUT2D eigenvalue weighted by Gasteiger charge is 2.35. The smallest absolute Gasteiger partial charge is 0.272 e. The van der Waals surface area contributed by atoms with Crippen molar-refractivity contribution in [2.75, 3.05) is 5.32 Å². The molecule has 2 heterocycles. The number of hydrogen-bond donors (Lipinski definition) is 2. The average molecular weight is 297 g/mol. The van der Waals surface area contributed by atoms with E-state index in [0.29, 0.717) is 34.9 Å². The number of fused-ring (bicyclic) bond motifs is 1. The van der Waals surface area contributed by atoms with Gasteiger partial charge in [0, 0.05) is 31.3 Å². The van der Waals surface area contributed by atoms with Crippen LogP contribution in [0.2, 0.25) is 0 Å². The average Bonchev–Trinajstić information content (AvgIpc) is 3.10. The van der Waals surface area contributed by atoms with E-state index in [2.05, 4.69) is 10.3 Å². The molecule has 0 bridgehead atoms. The third kappa shape index (κ3) is 2.49. The van der Waals surface area contributed by atoms with Gasteiger partial charge in [0.1, 0.15) is 11.8 Å². The molecule has 22 heavy (non-hydrogen) atoms. The largest absolute Gasteiger partial charge is 0.449 e. The molecule has 2 aromatic rings. The van der Waals surface area contributed by atoms with Crippen molar-refractivity contribution in [1.29, 1.82) is 5.26 Å². The first kappa shape index (κ1) is 14.0. The summed E-state index contributed by atoms with van der Waals surface area (Å²) in [6, 6.07) is 8.70. The maximum Gasteiger partial charge on any atom is 0.272 e. The van der Waals surface area contributed by atoms with Crippen LogP contribution in [0, 0.1) is 11.3 Å². The Morgan fingerprint density at radius 3 is 2.82 bits per heavy atom. The van der Waals surface area contributed by atoms with Gasteiger partial charge in [-0.2, -0.15) is 5.26 Å². The number of ether oxygens (including phenoxy) is 2. The van der Waals surface area contributed by atoms with Crippen LogP contribution in [0.25, 0.3) is 0 Å². The number of aromatic amines is 1. The minimum atomic E-state index is -0.661. The predicted octanol–water partition coefficient (Wildman–Crippen LogP) is 3.04. The molecular formula is C16H15N3O3. The van der Waals surface area contributed by atoms with Crippen LogP contribution >= 0.6 is 0 Å². The highest BCUT2D eigenvalue weighted by atomic mass is 16.7. The van der Waals surface area contributed by atoms with Crippen molar-refractivity contribution in [1.82, 2.24) is 4.98 Å². The number of H-pyrrole nitrogens is 1. The lowest BCUT2D eigenvalue weighted by atomic mass is 10.2. The van der Waals surface area contributed by atoms with Gasteiger partial charge in [0.15, 0.2) is 11.5 Å².